The molecule has 92 valence electrons. The van der Waals surface area contributed by atoms with Crippen LogP contribution in [0.25, 0.3) is 0 Å². The smallest absolute Gasteiger partial charge is 0.171 e. The van der Waals surface area contributed by atoms with Gasteiger partial charge in [-0.2, -0.15) is 0 Å². The van der Waals surface area contributed by atoms with Gasteiger partial charge in [-0.3, -0.25) is 0 Å². The molecule has 4 nitrogen and oxygen atoms in total. The minimum atomic E-state index is -2.91. The summed E-state index contributed by atoms with van der Waals surface area (Å²) in [6.45, 7) is 0.489. The van der Waals surface area contributed by atoms with Crippen LogP contribution in [0.5, 0.6) is 0 Å². The third-order valence-corrected chi connectivity index (χ3v) is 6.91. The van der Waals surface area contributed by atoms with Gasteiger partial charge in [0, 0.05) is 12.8 Å². The first-order valence-corrected chi connectivity index (χ1v) is 7.81. The van der Waals surface area contributed by atoms with Crippen LogP contribution in [-0.2, 0) is 19.3 Å². The molecule has 0 radical (unpaired) electrons. The van der Waals surface area contributed by atoms with Crippen LogP contribution in [0.3, 0.4) is 0 Å². The monoisotopic (exact) mass is 266 g/mol. The number of hydrogen-bond acceptors (Lipinski definition) is 4. The zero-order valence-electron chi connectivity index (χ0n) is 8.89. The van der Waals surface area contributed by atoms with Gasteiger partial charge < -0.3 is 9.47 Å². The molecule has 0 aromatic rings. The molecule has 0 aliphatic carbocycles. The fourth-order valence-corrected chi connectivity index (χ4v) is 5.69. The summed E-state index contributed by atoms with van der Waals surface area (Å²) in [5.41, 5.74) is 0. The van der Waals surface area contributed by atoms with Crippen LogP contribution in [0.1, 0.15) is 25.7 Å². The highest BCUT2D eigenvalue weighted by atomic mass is 35.5. The van der Waals surface area contributed by atoms with Crippen molar-refractivity contribution < 1.29 is 17.9 Å². The molecule has 16 heavy (non-hydrogen) atoms. The van der Waals surface area contributed by atoms with E-state index in [1.807, 2.05) is 0 Å². The van der Waals surface area contributed by atoms with Crippen LogP contribution in [0.4, 0.5) is 0 Å². The van der Waals surface area contributed by atoms with Gasteiger partial charge in [0.2, 0.25) is 0 Å². The summed E-state index contributed by atoms with van der Waals surface area (Å²) in [6.07, 6.45) is 2.40. The summed E-state index contributed by atoms with van der Waals surface area (Å²) in [4.78, 5) is 0. The Kier molecular flexibility index (Phi) is 2.52. The molecule has 3 fully saturated rings. The second kappa shape index (κ2) is 3.57. The lowest BCUT2D eigenvalue weighted by Gasteiger charge is -2.35. The Hall–Kier alpha value is 0.160. The molecule has 0 saturated carbocycles. The lowest BCUT2D eigenvalue weighted by Crippen LogP contribution is -2.46. The van der Waals surface area contributed by atoms with Crippen molar-refractivity contribution in [3.8, 4) is 0 Å². The van der Waals surface area contributed by atoms with E-state index in [1.54, 1.807) is 0 Å². The molecule has 0 aromatic carbocycles. The maximum atomic E-state index is 11.9. The maximum Gasteiger partial charge on any atom is 0.171 e. The summed E-state index contributed by atoms with van der Waals surface area (Å²) < 4.78 is 35.3. The van der Waals surface area contributed by atoms with Gasteiger partial charge in [-0.1, -0.05) is 0 Å². The van der Waals surface area contributed by atoms with Crippen molar-refractivity contribution in [1.82, 2.24) is 0 Å². The van der Waals surface area contributed by atoms with Crippen LogP contribution >= 0.6 is 11.6 Å². The van der Waals surface area contributed by atoms with E-state index in [4.69, 9.17) is 21.1 Å². The van der Waals surface area contributed by atoms with Gasteiger partial charge >= 0.3 is 0 Å². The molecule has 3 heterocycles. The lowest BCUT2D eigenvalue weighted by molar-refractivity contribution is -0.175. The predicted octanol–water partition coefficient (Wildman–Crippen LogP) is 1.08. The van der Waals surface area contributed by atoms with Crippen molar-refractivity contribution in [3.63, 3.8) is 0 Å². The molecule has 3 aliphatic heterocycles. The molecule has 0 aromatic heterocycles. The first-order chi connectivity index (χ1) is 7.56. The van der Waals surface area contributed by atoms with Crippen molar-refractivity contribution >= 4 is 21.4 Å². The SMILES string of the molecule is O=S1(=O)C2CCC1CC1(C2)OCC(CCl)O1. The first-order valence-electron chi connectivity index (χ1n) is 5.66. The Morgan fingerprint density at radius 2 is 1.88 bits per heavy atom. The van der Waals surface area contributed by atoms with E-state index in [0.29, 0.717) is 25.3 Å². The molecule has 3 unspecified atom stereocenters. The summed E-state index contributed by atoms with van der Waals surface area (Å²) >= 11 is 5.73. The van der Waals surface area contributed by atoms with Crippen LogP contribution in [0.2, 0.25) is 0 Å². The number of alkyl halides is 1. The van der Waals surface area contributed by atoms with Crippen LogP contribution in [0, 0.1) is 0 Å². The van der Waals surface area contributed by atoms with Gasteiger partial charge in [0.25, 0.3) is 0 Å². The average molecular weight is 267 g/mol. The number of ether oxygens (including phenoxy) is 2. The highest BCUT2D eigenvalue weighted by Crippen LogP contribution is 2.47. The average Bonchev–Trinajstić information content (AvgIpc) is 2.65. The zero-order chi connectivity index (χ0) is 11.4. The van der Waals surface area contributed by atoms with Crippen LogP contribution in [-0.4, -0.2) is 43.3 Å². The van der Waals surface area contributed by atoms with Gasteiger partial charge in [0.15, 0.2) is 15.6 Å². The van der Waals surface area contributed by atoms with E-state index in [0.717, 1.165) is 12.8 Å². The largest absolute Gasteiger partial charge is 0.347 e. The van der Waals surface area contributed by atoms with E-state index in [2.05, 4.69) is 0 Å². The number of hydrogen-bond donors (Lipinski definition) is 0. The molecular formula is C10H15ClO4S. The molecule has 3 atom stereocenters. The van der Waals surface area contributed by atoms with Gasteiger partial charge in [-0.05, 0) is 12.8 Å². The van der Waals surface area contributed by atoms with E-state index in [1.165, 1.54) is 0 Å². The normalized spacial score (nSPS) is 49.9. The molecular weight excluding hydrogens is 252 g/mol. The number of sulfone groups is 1. The van der Waals surface area contributed by atoms with Gasteiger partial charge in [0.1, 0.15) is 0 Å². The van der Waals surface area contributed by atoms with Crippen molar-refractivity contribution in [1.29, 1.82) is 0 Å². The minimum Gasteiger partial charge on any atom is -0.347 e. The van der Waals surface area contributed by atoms with E-state index in [-0.39, 0.29) is 16.6 Å². The Morgan fingerprint density at radius 3 is 2.38 bits per heavy atom. The Morgan fingerprint density at radius 1 is 1.25 bits per heavy atom. The quantitative estimate of drug-likeness (QED) is 0.667. The van der Waals surface area contributed by atoms with Gasteiger partial charge in [-0.15, -0.1) is 11.6 Å². The zero-order valence-corrected chi connectivity index (χ0v) is 10.5. The van der Waals surface area contributed by atoms with E-state index >= 15 is 0 Å². The predicted molar refractivity (Wildman–Crippen MR) is 59.2 cm³/mol. The molecule has 0 amide bonds. The number of fused-ring (bicyclic) bond motifs is 2. The molecule has 3 aliphatic rings. The Labute approximate surface area is 100 Å². The van der Waals surface area contributed by atoms with Crippen molar-refractivity contribution in [2.24, 2.45) is 0 Å². The van der Waals surface area contributed by atoms with Gasteiger partial charge in [0.05, 0.1) is 29.1 Å². The highest BCUT2D eigenvalue weighted by Gasteiger charge is 2.57. The number of rotatable bonds is 1. The first kappa shape index (κ1) is 11.3. The summed E-state index contributed by atoms with van der Waals surface area (Å²) in [5.74, 6) is -0.249. The second-order valence-corrected chi connectivity index (χ2v) is 7.75. The standard InChI is InChI=1S/C10H15ClO4S/c11-5-7-6-14-10(15-7)3-8-1-2-9(4-10)16(8,12)13/h7-9H,1-6H2. The summed E-state index contributed by atoms with van der Waals surface area (Å²) in [7, 11) is -2.91. The van der Waals surface area contributed by atoms with Crippen LogP contribution in [0.15, 0.2) is 0 Å². The number of halogens is 1. The molecule has 0 N–H and O–H groups in total. The summed E-state index contributed by atoms with van der Waals surface area (Å²) in [6, 6.07) is 0. The highest BCUT2D eigenvalue weighted by molar-refractivity contribution is 7.93. The molecule has 3 saturated heterocycles. The van der Waals surface area contributed by atoms with E-state index in [9.17, 15) is 8.42 Å². The van der Waals surface area contributed by atoms with E-state index < -0.39 is 15.6 Å². The van der Waals surface area contributed by atoms with Crippen molar-refractivity contribution in [2.45, 2.75) is 48.1 Å². The van der Waals surface area contributed by atoms with Crippen LogP contribution < -0.4 is 0 Å². The molecule has 3 rings (SSSR count). The third-order valence-electron chi connectivity index (χ3n) is 3.90. The fourth-order valence-electron chi connectivity index (χ4n) is 3.09. The fraction of sp³-hybridized carbons (Fsp3) is 1.00. The summed E-state index contributed by atoms with van der Waals surface area (Å²) in [5, 5.41) is -0.527. The minimum absolute atomic E-state index is 0.0816. The Bertz CT molecular complexity index is 374. The second-order valence-electron chi connectivity index (χ2n) is 4.93. The van der Waals surface area contributed by atoms with Crippen molar-refractivity contribution in [2.75, 3.05) is 12.5 Å². The van der Waals surface area contributed by atoms with Crippen molar-refractivity contribution in [3.05, 3.63) is 0 Å². The molecule has 1 spiro atoms. The molecule has 2 bridgehead atoms. The topological polar surface area (TPSA) is 52.6 Å². The van der Waals surface area contributed by atoms with Gasteiger partial charge in [-0.25, -0.2) is 8.42 Å². The molecule has 6 heteroatoms. The Balaban J connectivity index is 1.83. The lowest BCUT2D eigenvalue weighted by atomic mass is 10.1. The third kappa shape index (κ3) is 1.52. The maximum absolute atomic E-state index is 11.9.